The first-order valence-electron chi connectivity index (χ1n) is 6.23. The van der Waals surface area contributed by atoms with E-state index in [1.165, 1.54) is 17.8 Å². The van der Waals surface area contributed by atoms with Crippen LogP contribution in [0.2, 0.25) is 0 Å². The first kappa shape index (κ1) is 13.7. The highest BCUT2D eigenvalue weighted by molar-refractivity contribution is 7.09. The Morgan fingerprint density at radius 3 is 2.75 bits per heavy atom. The second-order valence-electron chi connectivity index (χ2n) is 5.03. The molecule has 0 saturated carbocycles. The van der Waals surface area contributed by atoms with E-state index >= 15 is 0 Å². The third kappa shape index (κ3) is 3.87. The molecule has 0 aliphatic carbocycles. The molecule has 1 atom stereocenters. The minimum atomic E-state index is 0.0639. The zero-order chi connectivity index (χ0) is 12.0. The summed E-state index contributed by atoms with van der Waals surface area (Å²) in [7, 11) is 0. The van der Waals surface area contributed by atoms with Gasteiger partial charge >= 0.3 is 0 Å². The van der Waals surface area contributed by atoms with Crippen LogP contribution in [-0.2, 0) is 5.54 Å². The molecule has 1 unspecified atom stereocenters. The highest BCUT2D eigenvalue weighted by Gasteiger charge is 2.28. The summed E-state index contributed by atoms with van der Waals surface area (Å²) in [5, 5.41) is 6.94. The van der Waals surface area contributed by atoms with Crippen LogP contribution in [0.3, 0.4) is 0 Å². The lowest BCUT2D eigenvalue weighted by Crippen LogP contribution is -2.40. The van der Waals surface area contributed by atoms with Crippen LogP contribution in [0.1, 0.15) is 52.0 Å². The van der Waals surface area contributed by atoms with Gasteiger partial charge in [0.15, 0.2) is 0 Å². The number of nitrogens with zero attached hydrogens (tertiary/aromatic N) is 1. The van der Waals surface area contributed by atoms with Crippen molar-refractivity contribution in [3.63, 3.8) is 0 Å². The molecule has 3 heteroatoms. The molecular weight excluding hydrogens is 216 g/mol. The molecule has 1 aromatic heterocycles. The van der Waals surface area contributed by atoms with Gasteiger partial charge in [0.05, 0.1) is 5.54 Å². The number of nitrogens with one attached hydrogen (secondary N) is 1. The van der Waals surface area contributed by atoms with Gasteiger partial charge in [-0.3, -0.25) is 0 Å². The summed E-state index contributed by atoms with van der Waals surface area (Å²) in [6.07, 6.45) is 5.48. The summed E-state index contributed by atoms with van der Waals surface area (Å²) in [4.78, 5) is 4.48. The summed E-state index contributed by atoms with van der Waals surface area (Å²) in [6, 6.07) is 0. The predicted octanol–water partition coefficient (Wildman–Crippen LogP) is 3.79. The summed E-state index contributed by atoms with van der Waals surface area (Å²) in [6.45, 7) is 10.1. The van der Waals surface area contributed by atoms with Gasteiger partial charge in [0.1, 0.15) is 5.01 Å². The number of thiazole rings is 1. The Hall–Kier alpha value is -0.410. The van der Waals surface area contributed by atoms with Crippen molar-refractivity contribution in [3.05, 3.63) is 16.6 Å². The maximum Gasteiger partial charge on any atom is 0.112 e. The van der Waals surface area contributed by atoms with Crippen molar-refractivity contribution in [1.29, 1.82) is 0 Å². The molecule has 1 aromatic rings. The molecule has 2 nitrogen and oxygen atoms in total. The minimum Gasteiger partial charge on any atom is -0.306 e. The molecule has 0 aromatic carbocycles. The van der Waals surface area contributed by atoms with Gasteiger partial charge in [0, 0.05) is 11.6 Å². The fraction of sp³-hybridized carbons (Fsp3) is 0.769. The average molecular weight is 240 g/mol. The van der Waals surface area contributed by atoms with E-state index in [2.05, 4.69) is 43.4 Å². The van der Waals surface area contributed by atoms with E-state index in [0.717, 1.165) is 18.9 Å². The second-order valence-corrected chi connectivity index (χ2v) is 5.92. The van der Waals surface area contributed by atoms with E-state index in [1.807, 2.05) is 6.20 Å². The smallest absolute Gasteiger partial charge is 0.112 e. The van der Waals surface area contributed by atoms with Crippen LogP contribution in [0.25, 0.3) is 0 Å². The van der Waals surface area contributed by atoms with Crippen molar-refractivity contribution >= 4 is 11.3 Å². The molecule has 0 bridgehead atoms. The SMILES string of the molecule is CCCNC(C)(CCC(C)C)c1nccs1. The van der Waals surface area contributed by atoms with Gasteiger partial charge in [0.2, 0.25) is 0 Å². The zero-order valence-electron chi connectivity index (χ0n) is 10.9. The molecule has 0 aliphatic rings. The molecule has 0 saturated heterocycles. The second kappa shape index (κ2) is 6.36. The van der Waals surface area contributed by atoms with E-state index in [-0.39, 0.29) is 5.54 Å². The first-order chi connectivity index (χ1) is 7.58. The monoisotopic (exact) mass is 240 g/mol. The van der Waals surface area contributed by atoms with Crippen molar-refractivity contribution in [2.75, 3.05) is 6.54 Å². The van der Waals surface area contributed by atoms with Crippen LogP contribution in [0.5, 0.6) is 0 Å². The fourth-order valence-electron chi connectivity index (χ4n) is 1.75. The number of hydrogen-bond donors (Lipinski definition) is 1. The van der Waals surface area contributed by atoms with Crippen molar-refractivity contribution in [2.45, 2.75) is 52.5 Å². The van der Waals surface area contributed by atoms with E-state index in [9.17, 15) is 0 Å². The third-order valence-corrected chi connectivity index (χ3v) is 3.93. The van der Waals surface area contributed by atoms with Gasteiger partial charge in [0.25, 0.3) is 0 Å². The molecule has 0 aliphatic heterocycles. The summed E-state index contributed by atoms with van der Waals surface area (Å²) < 4.78 is 0. The van der Waals surface area contributed by atoms with Crippen LogP contribution >= 0.6 is 11.3 Å². The summed E-state index contributed by atoms with van der Waals surface area (Å²) >= 11 is 1.76. The van der Waals surface area contributed by atoms with Crippen LogP contribution in [-0.4, -0.2) is 11.5 Å². The molecule has 0 fully saturated rings. The normalized spacial score (nSPS) is 15.3. The van der Waals surface area contributed by atoms with E-state index in [0.29, 0.717) is 0 Å². The van der Waals surface area contributed by atoms with Crippen molar-refractivity contribution in [1.82, 2.24) is 10.3 Å². The Bertz CT molecular complexity index is 282. The topological polar surface area (TPSA) is 24.9 Å². The Kier molecular flexibility index (Phi) is 5.42. The predicted molar refractivity (Wildman–Crippen MR) is 71.8 cm³/mol. The van der Waals surface area contributed by atoms with E-state index in [4.69, 9.17) is 0 Å². The van der Waals surface area contributed by atoms with Gasteiger partial charge in [-0.2, -0.15) is 0 Å². The maximum absolute atomic E-state index is 4.48. The quantitative estimate of drug-likeness (QED) is 0.784. The lowest BCUT2D eigenvalue weighted by Gasteiger charge is -2.29. The Morgan fingerprint density at radius 2 is 2.25 bits per heavy atom. The average Bonchev–Trinajstić information content (AvgIpc) is 2.77. The largest absolute Gasteiger partial charge is 0.306 e. The van der Waals surface area contributed by atoms with E-state index < -0.39 is 0 Å². The Morgan fingerprint density at radius 1 is 1.50 bits per heavy atom. The van der Waals surface area contributed by atoms with Crippen LogP contribution in [0.4, 0.5) is 0 Å². The molecule has 0 radical (unpaired) electrons. The van der Waals surface area contributed by atoms with E-state index in [1.54, 1.807) is 11.3 Å². The van der Waals surface area contributed by atoms with Gasteiger partial charge in [-0.25, -0.2) is 4.98 Å². The summed E-state index contributed by atoms with van der Waals surface area (Å²) in [5.41, 5.74) is 0.0639. The molecule has 0 spiro atoms. The molecule has 92 valence electrons. The third-order valence-electron chi connectivity index (χ3n) is 2.89. The molecule has 1 N–H and O–H groups in total. The van der Waals surface area contributed by atoms with Crippen LogP contribution < -0.4 is 5.32 Å². The molecule has 16 heavy (non-hydrogen) atoms. The standard InChI is InChI=1S/C13H24N2S/c1-5-8-15-13(4,7-6-11(2)3)12-14-9-10-16-12/h9-11,15H,5-8H2,1-4H3. The molecule has 0 amide bonds. The highest BCUT2D eigenvalue weighted by atomic mass is 32.1. The number of rotatable bonds is 7. The van der Waals surface area contributed by atoms with Gasteiger partial charge in [-0.05, 0) is 38.6 Å². The first-order valence-corrected chi connectivity index (χ1v) is 7.11. The molecule has 1 heterocycles. The van der Waals surface area contributed by atoms with Crippen molar-refractivity contribution in [2.24, 2.45) is 5.92 Å². The summed E-state index contributed by atoms with van der Waals surface area (Å²) in [5.74, 6) is 0.753. The number of hydrogen-bond acceptors (Lipinski definition) is 3. The number of aromatic nitrogens is 1. The molecular formula is C13H24N2S. The Labute approximate surface area is 103 Å². The van der Waals surface area contributed by atoms with Crippen LogP contribution in [0.15, 0.2) is 11.6 Å². The van der Waals surface area contributed by atoms with Gasteiger partial charge in [-0.1, -0.05) is 20.8 Å². The van der Waals surface area contributed by atoms with Crippen molar-refractivity contribution < 1.29 is 0 Å². The van der Waals surface area contributed by atoms with Gasteiger partial charge < -0.3 is 5.32 Å². The Balaban J connectivity index is 2.68. The maximum atomic E-state index is 4.48. The van der Waals surface area contributed by atoms with Crippen LogP contribution in [0, 0.1) is 5.92 Å². The fourth-order valence-corrected chi connectivity index (χ4v) is 2.55. The minimum absolute atomic E-state index is 0.0639. The van der Waals surface area contributed by atoms with Gasteiger partial charge in [-0.15, -0.1) is 11.3 Å². The lowest BCUT2D eigenvalue weighted by molar-refractivity contribution is 0.312. The lowest BCUT2D eigenvalue weighted by atomic mass is 9.92. The zero-order valence-corrected chi connectivity index (χ0v) is 11.7. The molecule has 1 rings (SSSR count). The highest BCUT2D eigenvalue weighted by Crippen LogP contribution is 2.29. The van der Waals surface area contributed by atoms with Crippen molar-refractivity contribution in [3.8, 4) is 0 Å².